The Labute approximate surface area is 140 Å². The Bertz CT molecular complexity index is 743. The lowest BCUT2D eigenvalue weighted by atomic mass is 10.2. The molecule has 0 fully saturated rings. The molecule has 0 aliphatic carbocycles. The van der Waals surface area contributed by atoms with E-state index >= 15 is 0 Å². The van der Waals surface area contributed by atoms with Gasteiger partial charge >= 0.3 is 0 Å². The number of para-hydroxylation sites is 2. The van der Waals surface area contributed by atoms with Gasteiger partial charge in [-0.1, -0.05) is 24.3 Å². The van der Waals surface area contributed by atoms with E-state index in [9.17, 15) is 9.18 Å². The molecular weight excluding hydrogens is 309 g/mol. The molecule has 4 nitrogen and oxygen atoms in total. The zero-order valence-electron chi connectivity index (χ0n) is 13.3. The number of hydrogen-bond acceptors (Lipinski definition) is 3. The van der Waals surface area contributed by atoms with Crippen molar-refractivity contribution < 1.29 is 18.7 Å². The third-order valence-corrected chi connectivity index (χ3v) is 3.71. The first-order valence-electron chi connectivity index (χ1n) is 7.69. The number of fused-ring (bicyclic) bond motifs is 1. The first kappa shape index (κ1) is 16.1. The maximum absolute atomic E-state index is 12.9. The average Bonchev–Trinajstić information content (AvgIpc) is 2.61. The standard InChI is InChI=1S/C19H18FNO3/c1-21(19(22)11-8-14-6-9-15(20)10-7-14)12-16-13-23-17-4-2-3-5-18(17)24-16/h2-11,16H,12-13H2,1H3/b11-8+. The summed E-state index contributed by atoms with van der Waals surface area (Å²) in [4.78, 5) is 13.7. The van der Waals surface area contributed by atoms with Crippen molar-refractivity contribution in [3.8, 4) is 11.5 Å². The number of carbonyl (C=O) groups excluding carboxylic acids is 1. The molecule has 1 unspecified atom stereocenters. The lowest BCUT2D eigenvalue weighted by Gasteiger charge is -2.29. The molecule has 0 N–H and O–H groups in total. The Hall–Kier alpha value is -2.82. The van der Waals surface area contributed by atoms with Crippen LogP contribution in [0.1, 0.15) is 5.56 Å². The summed E-state index contributed by atoms with van der Waals surface area (Å²) in [7, 11) is 1.71. The van der Waals surface area contributed by atoms with E-state index in [1.54, 1.807) is 30.2 Å². The first-order valence-corrected chi connectivity index (χ1v) is 7.69. The number of ether oxygens (including phenoxy) is 2. The quantitative estimate of drug-likeness (QED) is 0.810. The minimum Gasteiger partial charge on any atom is -0.486 e. The Morgan fingerprint density at radius 2 is 1.92 bits per heavy atom. The van der Waals surface area contributed by atoms with Crippen molar-refractivity contribution in [3.63, 3.8) is 0 Å². The van der Waals surface area contributed by atoms with Crippen LogP contribution < -0.4 is 9.47 Å². The van der Waals surface area contributed by atoms with Crippen molar-refractivity contribution in [2.24, 2.45) is 0 Å². The molecule has 1 aliphatic heterocycles. The molecule has 5 heteroatoms. The van der Waals surface area contributed by atoms with Gasteiger partial charge in [0.25, 0.3) is 0 Å². The van der Waals surface area contributed by atoms with Crippen LogP contribution in [0.5, 0.6) is 11.5 Å². The Balaban J connectivity index is 1.56. The topological polar surface area (TPSA) is 38.8 Å². The van der Waals surface area contributed by atoms with Crippen LogP contribution in [0.3, 0.4) is 0 Å². The molecule has 0 saturated carbocycles. The van der Waals surface area contributed by atoms with Crippen LogP contribution in [-0.4, -0.2) is 37.1 Å². The SMILES string of the molecule is CN(CC1COc2ccccc2O1)C(=O)/C=C/c1ccc(F)cc1. The molecule has 2 aromatic rings. The highest BCUT2D eigenvalue weighted by atomic mass is 19.1. The molecule has 3 rings (SSSR count). The summed E-state index contributed by atoms with van der Waals surface area (Å²) >= 11 is 0. The molecule has 1 amide bonds. The van der Waals surface area contributed by atoms with Gasteiger partial charge in [-0.25, -0.2) is 4.39 Å². The van der Waals surface area contributed by atoms with Crippen molar-refractivity contribution in [2.75, 3.05) is 20.2 Å². The van der Waals surface area contributed by atoms with E-state index in [0.717, 1.165) is 11.3 Å². The zero-order chi connectivity index (χ0) is 16.9. The van der Waals surface area contributed by atoms with E-state index < -0.39 is 0 Å². The number of amides is 1. The highest BCUT2D eigenvalue weighted by molar-refractivity contribution is 5.91. The molecule has 0 spiro atoms. The minimum absolute atomic E-state index is 0.151. The number of carbonyl (C=O) groups is 1. The van der Waals surface area contributed by atoms with Gasteiger partial charge in [0.15, 0.2) is 17.6 Å². The van der Waals surface area contributed by atoms with Gasteiger partial charge in [0, 0.05) is 13.1 Å². The second kappa shape index (κ2) is 7.17. The normalized spacial score (nSPS) is 16.2. The van der Waals surface area contributed by atoms with Gasteiger partial charge in [-0.15, -0.1) is 0 Å². The number of likely N-dealkylation sites (N-methyl/N-ethyl adjacent to an activating group) is 1. The molecule has 24 heavy (non-hydrogen) atoms. The van der Waals surface area contributed by atoms with Crippen LogP contribution in [0.25, 0.3) is 6.08 Å². The summed E-state index contributed by atoms with van der Waals surface area (Å²) in [6.45, 7) is 0.817. The van der Waals surface area contributed by atoms with Crippen molar-refractivity contribution in [3.05, 3.63) is 66.0 Å². The molecule has 0 aromatic heterocycles. The van der Waals surface area contributed by atoms with Crippen LogP contribution in [0.4, 0.5) is 4.39 Å². The highest BCUT2D eigenvalue weighted by Crippen LogP contribution is 2.30. The number of benzene rings is 2. The molecule has 2 aromatic carbocycles. The molecule has 124 valence electrons. The largest absolute Gasteiger partial charge is 0.486 e. The van der Waals surface area contributed by atoms with Gasteiger partial charge in [-0.2, -0.15) is 0 Å². The molecule has 0 bridgehead atoms. The highest BCUT2D eigenvalue weighted by Gasteiger charge is 2.22. The van der Waals surface area contributed by atoms with Crippen molar-refractivity contribution in [1.29, 1.82) is 0 Å². The molecule has 1 aliphatic rings. The maximum Gasteiger partial charge on any atom is 0.246 e. The Morgan fingerprint density at radius 3 is 2.67 bits per heavy atom. The van der Waals surface area contributed by atoms with Crippen LogP contribution in [0.15, 0.2) is 54.6 Å². The fraction of sp³-hybridized carbons (Fsp3) is 0.211. The Kier molecular flexibility index (Phi) is 4.79. The van der Waals surface area contributed by atoms with Crippen LogP contribution in [0, 0.1) is 5.82 Å². The lowest BCUT2D eigenvalue weighted by Crippen LogP contribution is -2.41. The average molecular weight is 327 g/mol. The summed E-state index contributed by atoms with van der Waals surface area (Å²) in [5.74, 6) is 0.961. The van der Waals surface area contributed by atoms with E-state index in [2.05, 4.69) is 0 Å². The van der Waals surface area contributed by atoms with Gasteiger partial charge in [-0.3, -0.25) is 4.79 Å². The Morgan fingerprint density at radius 1 is 1.21 bits per heavy atom. The fourth-order valence-electron chi connectivity index (χ4n) is 2.42. The number of nitrogens with zero attached hydrogens (tertiary/aromatic N) is 1. The van der Waals surface area contributed by atoms with Crippen molar-refractivity contribution in [1.82, 2.24) is 4.90 Å². The van der Waals surface area contributed by atoms with Gasteiger partial charge in [0.2, 0.25) is 5.91 Å². The first-order chi connectivity index (χ1) is 11.6. The van der Waals surface area contributed by atoms with Gasteiger partial charge in [0.1, 0.15) is 12.4 Å². The van der Waals surface area contributed by atoms with Gasteiger partial charge in [-0.05, 0) is 35.9 Å². The third kappa shape index (κ3) is 3.93. The lowest BCUT2D eigenvalue weighted by molar-refractivity contribution is -0.126. The van der Waals surface area contributed by atoms with E-state index in [0.29, 0.717) is 18.9 Å². The maximum atomic E-state index is 12.9. The molecular formula is C19H18FNO3. The van der Waals surface area contributed by atoms with E-state index in [4.69, 9.17) is 9.47 Å². The fourth-order valence-corrected chi connectivity index (χ4v) is 2.42. The predicted octanol–water partition coefficient (Wildman–Crippen LogP) is 3.14. The van der Waals surface area contributed by atoms with Crippen LogP contribution in [0.2, 0.25) is 0 Å². The monoisotopic (exact) mass is 327 g/mol. The summed E-state index contributed by atoms with van der Waals surface area (Å²) < 4.78 is 24.3. The van der Waals surface area contributed by atoms with E-state index in [-0.39, 0.29) is 17.8 Å². The summed E-state index contributed by atoms with van der Waals surface area (Å²) in [6, 6.07) is 13.4. The molecule has 1 heterocycles. The third-order valence-electron chi connectivity index (χ3n) is 3.71. The summed E-state index contributed by atoms with van der Waals surface area (Å²) in [6.07, 6.45) is 2.91. The van der Waals surface area contributed by atoms with E-state index in [1.807, 2.05) is 24.3 Å². The van der Waals surface area contributed by atoms with Crippen molar-refractivity contribution in [2.45, 2.75) is 6.10 Å². The van der Waals surface area contributed by atoms with Crippen LogP contribution >= 0.6 is 0 Å². The summed E-state index contributed by atoms with van der Waals surface area (Å²) in [5, 5.41) is 0. The minimum atomic E-state index is -0.301. The smallest absolute Gasteiger partial charge is 0.246 e. The second-order valence-electron chi connectivity index (χ2n) is 5.60. The summed E-state index contributed by atoms with van der Waals surface area (Å²) in [5.41, 5.74) is 0.768. The van der Waals surface area contributed by atoms with E-state index in [1.165, 1.54) is 18.2 Å². The predicted molar refractivity (Wildman–Crippen MR) is 89.4 cm³/mol. The van der Waals surface area contributed by atoms with Crippen molar-refractivity contribution >= 4 is 12.0 Å². The molecule has 0 radical (unpaired) electrons. The van der Waals surface area contributed by atoms with Crippen LogP contribution in [-0.2, 0) is 4.79 Å². The van der Waals surface area contributed by atoms with Gasteiger partial charge < -0.3 is 14.4 Å². The number of halogens is 1. The number of hydrogen-bond donors (Lipinski definition) is 0. The van der Waals surface area contributed by atoms with Gasteiger partial charge in [0.05, 0.1) is 6.54 Å². The molecule has 0 saturated heterocycles. The molecule has 1 atom stereocenters. The zero-order valence-corrected chi connectivity index (χ0v) is 13.3. The second-order valence-corrected chi connectivity index (χ2v) is 5.60. The number of rotatable bonds is 4.